The number of carbonyl (C=O) groups excluding carboxylic acids is 1. The first-order chi connectivity index (χ1) is 15.7. The molecule has 0 aliphatic carbocycles. The number of anilines is 2. The second kappa shape index (κ2) is 8.71. The Morgan fingerprint density at radius 3 is 2.67 bits per heavy atom. The van der Waals surface area contributed by atoms with Crippen molar-refractivity contribution in [3.63, 3.8) is 0 Å². The van der Waals surface area contributed by atoms with E-state index in [-0.39, 0.29) is 11.0 Å². The maximum Gasteiger partial charge on any atom is 0.254 e. The lowest BCUT2D eigenvalue weighted by molar-refractivity contribution is 0.0935. The van der Waals surface area contributed by atoms with Crippen molar-refractivity contribution in [1.29, 1.82) is 5.26 Å². The number of nitriles is 1. The second-order valence-corrected chi connectivity index (χ2v) is 8.85. The Bertz CT molecular complexity index is 1380. The van der Waals surface area contributed by atoms with Crippen molar-refractivity contribution < 1.29 is 9.18 Å². The molecule has 7 nitrogen and oxygen atoms in total. The van der Waals surface area contributed by atoms with Crippen molar-refractivity contribution in [3.8, 4) is 17.2 Å². The number of halogens is 1. The van der Waals surface area contributed by atoms with Crippen LogP contribution < -0.4 is 10.6 Å². The molecule has 166 valence electrons. The topological polar surface area (TPSA) is 95.1 Å². The lowest BCUT2D eigenvalue weighted by Gasteiger charge is -2.19. The van der Waals surface area contributed by atoms with E-state index in [0.29, 0.717) is 40.5 Å². The largest absolute Gasteiger partial charge is 0.351 e. The lowest BCUT2D eigenvalue weighted by Crippen LogP contribution is -2.32. The molecule has 0 aliphatic rings. The minimum absolute atomic E-state index is 0.00842. The highest BCUT2D eigenvalue weighted by Gasteiger charge is 2.19. The molecule has 1 amide bonds. The minimum atomic E-state index is -0.593. The summed E-state index contributed by atoms with van der Waals surface area (Å²) in [6.07, 6.45) is 1.65. The summed E-state index contributed by atoms with van der Waals surface area (Å²) in [5.74, 6) is -0.732. The molecule has 0 saturated heterocycles. The third-order valence-corrected chi connectivity index (χ3v) is 4.96. The van der Waals surface area contributed by atoms with E-state index in [1.165, 1.54) is 10.6 Å². The first-order valence-electron chi connectivity index (χ1n) is 10.4. The van der Waals surface area contributed by atoms with Gasteiger partial charge in [-0.25, -0.2) is 8.91 Å². The normalized spacial score (nSPS) is 11.2. The summed E-state index contributed by atoms with van der Waals surface area (Å²) in [5.41, 5.74) is 2.35. The summed E-state index contributed by atoms with van der Waals surface area (Å²) < 4.78 is 16.8. The third kappa shape index (κ3) is 4.83. The van der Waals surface area contributed by atoms with Gasteiger partial charge in [0.25, 0.3) is 5.91 Å². The van der Waals surface area contributed by atoms with Crippen LogP contribution in [-0.4, -0.2) is 27.0 Å². The van der Waals surface area contributed by atoms with E-state index in [9.17, 15) is 10.1 Å². The first-order valence-corrected chi connectivity index (χ1v) is 10.4. The standard InChI is InChI=1S/C25H23FN6O/c1-25(2,3)15-28-23(33)19-9-6-8-18(22(19)26)17-11-12-21-30-24(31-32(21)14-17)29-20-10-5-4-7-16(20)13-27/h4-12,14H,15H2,1-3H3,(H,28,33)(H,29,31). The Morgan fingerprint density at radius 2 is 1.91 bits per heavy atom. The number of hydrogen-bond donors (Lipinski definition) is 2. The highest BCUT2D eigenvalue weighted by Crippen LogP contribution is 2.26. The molecule has 4 rings (SSSR count). The lowest BCUT2D eigenvalue weighted by atomic mass is 9.96. The van der Waals surface area contributed by atoms with Crippen LogP contribution in [0, 0.1) is 22.6 Å². The monoisotopic (exact) mass is 442 g/mol. The van der Waals surface area contributed by atoms with Crippen molar-refractivity contribution in [3.05, 3.63) is 77.7 Å². The van der Waals surface area contributed by atoms with E-state index in [0.717, 1.165) is 0 Å². The van der Waals surface area contributed by atoms with Crippen LogP contribution in [-0.2, 0) is 0 Å². The van der Waals surface area contributed by atoms with E-state index in [1.54, 1.807) is 48.7 Å². The van der Waals surface area contributed by atoms with Gasteiger partial charge in [-0.2, -0.15) is 10.2 Å². The van der Waals surface area contributed by atoms with Crippen LogP contribution in [0.25, 0.3) is 16.8 Å². The number of pyridine rings is 1. The van der Waals surface area contributed by atoms with Gasteiger partial charge in [0.05, 0.1) is 16.8 Å². The number of aromatic nitrogens is 3. The van der Waals surface area contributed by atoms with Crippen molar-refractivity contribution in [2.24, 2.45) is 5.41 Å². The fraction of sp³-hybridized carbons (Fsp3) is 0.200. The average molecular weight is 442 g/mol. The van der Waals surface area contributed by atoms with Gasteiger partial charge < -0.3 is 10.6 Å². The zero-order valence-electron chi connectivity index (χ0n) is 18.6. The van der Waals surface area contributed by atoms with Gasteiger partial charge in [-0.3, -0.25) is 4.79 Å². The summed E-state index contributed by atoms with van der Waals surface area (Å²) in [7, 11) is 0. The Balaban J connectivity index is 1.63. The van der Waals surface area contributed by atoms with Gasteiger partial charge in [0, 0.05) is 23.9 Å². The fourth-order valence-electron chi connectivity index (χ4n) is 3.28. The number of rotatable bonds is 5. The number of benzene rings is 2. The predicted molar refractivity (Wildman–Crippen MR) is 125 cm³/mol. The number of amides is 1. The molecule has 0 saturated carbocycles. The van der Waals surface area contributed by atoms with Crippen LogP contribution in [0.2, 0.25) is 0 Å². The van der Waals surface area contributed by atoms with Gasteiger partial charge in [-0.1, -0.05) is 45.0 Å². The number of hydrogen-bond acceptors (Lipinski definition) is 5. The number of nitrogens with zero attached hydrogens (tertiary/aromatic N) is 4. The molecule has 0 fully saturated rings. The minimum Gasteiger partial charge on any atom is -0.351 e. The van der Waals surface area contributed by atoms with Crippen LogP contribution in [0.1, 0.15) is 36.7 Å². The van der Waals surface area contributed by atoms with Gasteiger partial charge in [-0.05, 0) is 35.7 Å². The molecule has 0 unspecified atom stereocenters. The SMILES string of the molecule is CC(C)(C)CNC(=O)c1cccc(-c2ccc3nc(Nc4ccccc4C#N)nn3c2)c1F. The molecule has 33 heavy (non-hydrogen) atoms. The quantitative estimate of drug-likeness (QED) is 0.457. The predicted octanol–water partition coefficient (Wildman–Crippen LogP) is 4.93. The van der Waals surface area contributed by atoms with Gasteiger partial charge in [0.2, 0.25) is 5.95 Å². The molecule has 0 bridgehead atoms. The van der Waals surface area contributed by atoms with Crippen molar-refractivity contribution >= 4 is 23.2 Å². The van der Waals surface area contributed by atoms with E-state index >= 15 is 4.39 Å². The molecular weight excluding hydrogens is 419 g/mol. The average Bonchev–Trinajstić information content (AvgIpc) is 3.19. The van der Waals surface area contributed by atoms with E-state index in [1.807, 2.05) is 26.8 Å². The van der Waals surface area contributed by atoms with E-state index < -0.39 is 11.7 Å². The van der Waals surface area contributed by atoms with Crippen LogP contribution in [0.15, 0.2) is 60.8 Å². The zero-order chi connectivity index (χ0) is 23.6. The first kappa shape index (κ1) is 22.0. The maximum absolute atomic E-state index is 15.3. The Hall–Kier alpha value is -4.25. The van der Waals surface area contributed by atoms with Crippen LogP contribution in [0.5, 0.6) is 0 Å². The Morgan fingerprint density at radius 1 is 1.12 bits per heavy atom. The van der Waals surface area contributed by atoms with Gasteiger partial charge in [-0.15, -0.1) is 5.10 Å². The fourth-order valence-corrected chi connectivity index (χ4v) is 3.28. The summed E-state index contributed by atoms with van der Waals surface area (Å²) >= 11 is 0. The van der Waals surface area contributed by atoms with Crippen LogP contribution in [0.3, 0.4) is 0 Å². The molecule has 0 aliphatic heterocycles. The number of para-hydroxylation sites is 1. The molecule has 2 N–H and O–H groups in total. The summed E-state index contributed by atoms with van der Waals surface area (Å²) in [6.45, 7) is 6.42. The number of carbonyl (C=O) groups is 1. The van der Waals surface area contributed by atoms with E-state index in [4.69, 9.17) is 0 Å². The van der Waals surface area contributed by atoms with Crippen molar-refractivity contribution in [2.45, 2.75) is 20.8 Å². The summed E-state index contributed by atoms with van der Waals surface area (Å²) in [6, 6.07) is 17.4. The summed E-state index contributed by atoms with van der Waals surface area (Å²) in [4.78, 5) is 16.9. The third-order valence-electron chi connectivity index (χ3n) is 4.96. The zero-order valence-corrected chi connectivity index (χ0v) is 18.6. The highest BCUT2D eigenvalue weighted by molar-refractivity contribution is 5.95. The van der Waals surface area contributed by atoms with Crippen molar-refractivity contribution in [1.82, 2.24) is 19.9 Å². The molecule has 2 aromatic heterocycles. The van der Waals surface area contributed by atoms with Crippen molar-refractivity contribution in [2.75, 3.05) is 11.9 Å². The maximum atomic E-state index is 15.3. The van der Waals surface area contributed by atoms with Gasteiger partial charge in [0.1, 0.15) is 11.9 Å². The smallest absolute Gasteiger partial charge is 0.254 e. The number of fused-ring (bicyclic) bond motifs is 1. The van der Waals surface area contributed by atoms with E-state index in [2.05, 4.69) is 26.8 Å². The number of nitrogens with one attached hydrogen (secondary N) is 2. The molecule has 2 heterocycles. The molecule has 0 radical (unpaired) electrons. The molecular formula is C25H23FN6O. The molecule has 2 aromatic carbocycles. The molecule has 4 aromatic rings. The van der Waals surface area contributed by atoms with Gasteiger partial charge in [0.15, 0.2) is 5.65 Å². The van der Waals surface area contributed by atoms with Crippen LogP contribution >= 0.6 is 0 Å². The Kier molecular flexibility index (Phi) is 5.80. The second-order valence-electron chi connectivity index (χ2n) is 8.85. The van der Waals surface area contributed by atoms with Gasteiger partial charge >= 0.3 is 0 Å². The van der Waals surface area contributed by atoms with Crippen LogP contribution in [0.4, 0.5) is 16.0 Å². The highest BCUT2D eigenvalue weighted by atomic mass is 19.1. The summed E-state index contributed by atoms with van der Waals surface area (Å²) in [5, 5.41) is 19.5. The molecule has 8 heteroatoms. The Labute approximate surface area is 190 Å². The molecule has 0 spiro atoms. The molecule has 0 atom stereocenters.